The standard InChI is InChI=1S/C14H21BrN2/c15-14-7-3-4-11(14)10-12-8-9-17(16-12)13-5-1-2-6-13/h8-9,11,13-14H,1-7,10H2. The molecule has 0 N–H and O–H groups in total. The van der Waals surface area contributed by atoms with Crippen LogP contribution in [0.4, 0.5) is 0 Å². The third-order valence-corrected chi connectivity index (χ3v) is 5.61. The molecule has 2 aliphatic rings. The topological polar surface area (TPSA) is 17.8 Å². The van der Waals surface area contributed by atoms with Gasteiger partial charge < -0.3 is 0 Å². The molecule has 3 heteroatoms. The van der Waals surface area contributed by atoms with Crippen LogP contribution in [0.1, 0.15) is 56.7 Å². The second kappa shape index (κ2) is 5.13. The van der Waals surface area contributed by atoms with E-state index in [1.165, 1.54) is 50.6 Å². The molecule has 2 unspecified atom stereocenters. The second-order valence-electron chi connectivity index (χ2n) is 5.64. The first kappa shape index (κ1) is 11.8. The molecular weight excluding hydrogens is 276 g/mol. The van der Waals surface area contributed by atoms with Crippen LogP contribution in [0.15, 0.2) is 12.3 Å². The summed E-state index contributed by atoms with van der Waals surface area (Å²) in [6.45, 7) is 0. The molecule has 0 aliphatic heterocycles. The normalized spacial score (nSPS) is 30.2. The van der Waals surface area contributed by atoms with Gasteiger partial charge in [0, 0.05) is 11.0 Å². The third-order valence-electron chi connectivity index (χ3n) is 4.40. The zero-order valence-corrected chi connectivity index (χ0v) is 11.9. The minimum atomic E-state index is 0.687. The molecule has 3 rings (SSSR count). The average molecular weight is 297 g/mol. The van der Waals surface area contributed by atoms with Crippen LogP contribution in [0.2, 0.25) is 0 Å². The van der Waals surface area contributed by atoms with Crippen LogP contribution in [-0.4, -0.2) is 14.6 Å². The Balaban J connectivity index is 1.63. The second-order valence-corrected chi connectivity index (χ2v) is 6.81. The van der Waals surface area contributed by atoms with Gasteiger partial charge in [0.1, 0.15) is 0 Å². The summed E-state index contributed by atoms with van der Waals surface area (Å²) in [5.74, 6) is 0.807. The quantitative estimate of drug-likeness (QED) is 0.768. The molecule has 2 fully saturated rings. The third kappa shape index (κ3) is 2.59. The Labute approximate surface area is 112 Å². The highest BCUT2D eigenvalue weighted by Crippen LogP contribution is 2.34. The summed E-state index contributed by atoms with van der Waals surface area (Å²) in [6, 6.07) is 2.92. The van der Waals surface area contributed by atoms with E-state index in [0.717, 1.165) is 17.2 Å². The number of hydrogen-bond donors (Lipinski definition) is 0. The highest BCUT2D eigenvalue weighted by atomic mass is 79.9. The van der Waals surface area contributed by atoms with E-state index in [0.29, 0.717) is 6.04 Å². The molecule has 0 aromatic carbocycles. The van der Waals surface area contributed by atoms with Crippen molar-refractivity contribution in [2.24, 2.45) is 5.92 Å². The van der Waals surface area contributed by atoms with Gasteiger partial charge in [0.05, 0.1) is 11.7 Å². The minimum Gasteiger partial charge on any atom is -0.269 e. The van der Waals surface area contributed by atoms with Crippen LogP contribution < -0.4 is 0 Å². The van der Waals surface area contributed by atoms with E-state index in [9.17, 15) is 0 Å². The summed E-state index contributed by atoms with van der Waals surface area (Å²) in [4.78, 5) is 0.721. The largest absolute Gasteiger partial charge is 0.269 e. The van der Waals surface area contributed by atoms with E-state index >= 15 is 0 Å². The van der Waals surface area contributed by atoms with Crippen LogP contribution in [0, 0.1) is 5.92 Å². The van der Waals surface area contributed by atoms with Crippen molar-refractivity contribution in [2.75, 3.05) is 0 Å². The maximum absolute atomic E-state index is 4.79. The fourth-order valence-electron chi connectivity index (χ4n) is 3.35. The van der Waals surface area contributed by atoms with Gasteiger partial charge in [0.2, 0.25) is 0 Å². The summed E-state index contributed by atoms with van der Waals surface area (Å²) in [7, 11) is 0. The van der Waals surface area contributed by atoms with Crippen molar-refractivity contribution < 1.29 is 0 Å². The summed E-state index contributed by atoms with van der Waals surface area (Å²) < 4.78 is 2.22. The number of rotatable bonds is 3. The number of nitrogens with zero attached hydrogens (tertiary/aromatic N) is 2. The van der Waals surface area contributed by atoms with Crippen molar-refractivity contribution in [2.45, 2.75) is 62.2 Å². The molecular formula is C14H21BrN2. The van der Waals surface area contributed by atoms with Crippen molar-refractivity contribution in [1.29, 1.82) is 0 Å². The van der Waals surface area contributed by atoms with Gasteiger partial charge >= 0.3 is 0 Å². The van der Waals surface area contributed by atoms with Crippen molar-refractivity contribution in [1.82, 2.24) is 9.78 Å². The molecule has 0 amide bonds. The molecule has 0 bridgehead atoms. The van der Waals surface area contributed by atoms with Crippen LogP contribution in [0.25, 0.3) is 0 Å². The van der Waals surface area contributed by atoms with Crippen LogP contribution in [0.3, 0.4) is 0 Å². The average Bonchev–Trinajstić information content (AvgIpc) is 3.02. The molecule has 0 saturated heterocycles. The Morgan fingerprint density at radius 2 is 2.00 bits per heavy atom. The maximum Gasteiger partial charge on any atom is 0.0627 e. The van der Waals surface area contributed by atoms with Crippen molar-refractivity contribution in [3.05, 3.63) is 18.0 Å². The highest BCUT2D eigenvalue weighted by molar-refractivity contribution is 9.09. The highest BCUT2D eigenvalue weighted by Gasteiger charge is 2.26. The smallest absolute Gasteiger partial charge is 0.0627 e. The lowest BCUT2D eigenvalue weighted by atomic mass is 10.0. The zero-order chi connectivity index (χ0) is 11.7. The predicted molar refractivity (Wildman–Crippen MR) is 73.5 cm³/mol. The van der Waals surface area contributed by atoms with E-state index in [-0.39, 0.29) is 0 Å². The van der Waals surface area contributed by atoms with Crippen molar-refractivity contribution >= 4 is 15.9 Å². The Hall–Kier alpha value is -0.310. The van der Waals surface area contributed by atoms with E-state index in [1.807, 2.05) is 0 Å². The molecule has 1 aromatic heterocycles. The number of aromatic nitrogens is 2. The monoisotopic (exact) mass is 296 g/mol. The molecule has 1 aromatic rings. The van der Waals surface area contributed by atoms with E-state index in [4.69, 9.17) is 5.10 Å². The van der Waals surface area contributed by atoms with Crippen LogP contribution in [0.5, 0.6) is 0 Å². The SMILES string of the molecule is BrC1CCCC1Cc1ccn(C2CCCC2)n1. The number of hydrogen-bond acceptors (Lipinski definition) is 1. The number of alkyl halides is 1. The molecule has 17 heavy (non-hydrogen) atoms. The fraction of sp³-hybridized carbons (Fsp3) is 0.786. The van der Waals surface area contributed by atoms with Gasteiger partial charge in [-0.2, -0.15) is 5.10 Å². The van der Waals surface area contributed by atoms with Gasteiger partial charge in [0.25, 0.3) is 0 Å². The molecule has 1 heterocycles. The van der Waals surface area contributed by atoms with Crippen molar-refractivity contribution in [3.63, 3.8) is 0 Å². The first-order valence-electron chi connectivity index (χ1n) is 7.01. The lowest BCUT2D eigenvalue weighted by Crippen LogP contribution is -2.11. The summed E-state index contributed by atoms with van der Waals surface area (Å²) in [5, 5.41) is 4.79. The lowest BCUT2D eigenvalue weighted by molar-refractivity contribution is 0.456. The van der Waals surface area contributed by atoms with Gasteiger partial charge in [0.15, 0.2) is 0 Å². The number of halogens is 1. The van der Waals surface area contributed by atoms with Gasteiger partial charge in [-0.25, -0.2) is 0 Å². The summed E-state index contributed by atoms with van der Waals surface area (Å²) in [5.41, 5.74) is 1.30. The summed E-state index contributed by atoms with van der Waals surface area (Å²) >= 11 is 3.80. The molecule has 2 nitrogen and oxygen atoms in total. The van der Waals surface area contributed by atoms with E-state index in [1.54, 1.807) is 0 Å². The Bertz CT molecular complexity index is 368. The Morgan fingerprint density at radius 3 is 2.71 bits per heavy atom. The van der Waals surface area contributed by atoms with Crippen molar-refractivity contribution in [3.8, 4) is 0 Å². The predicted octanol–water partition coefficient (Wildman–Crippen LogP) is 4.10. The van der Waals surface area contributed by atoms with Gasteiger partial charge in [-0.05, 0) is 44.1 Å². The lowest BCUT2D eigenvalue weighted by Gasteiger charge is -2.12. The fourth-order valence-corrected chi connectivity index (χ4v) is 4.12. The van der Waals surface area contributed by atoms with E-state index in [2.05, 4.69) is 32.9 Å². The van der Waals surface area contributed by atoms with Gasteiger partial charge in [-0.15, -0.1) is 0 Å². The van der Waals surface area contributed by atoms with Crippen LogP contribution in [-0.2, 0) is 6.42 Å². The molecule has 0 spiro atoms. The molecule has 94 valence electrons. The molecule has 2 saturated carbocycles. The van der Waals surface area contributed by atoms with Gasteiger partial charge in [-0.1, -0.05) is 35.2 Å². The Morgan fingerprint density at radius 1 is 1.18 bits per heavy atom. The van der Waals surface area contributed by atoms with Gasteiger partial charge in [-0.3, -0.25) is 4.68 Å². The summed E-state index contributed by atoms with van der Waals surface area (Å²) in [6.07, 6.45) is 12.9. The molecule has 2 aliphatic carbocycles. The zero-order valence-electron chi connectivity index (χ0n) is 10.3. The molecule has 0 radical (unpaired) electrons. The van der Waals surface area contributed by atoms with E-state index < -0.39 is 0 Å². The first-order valence-corrected chi connectivity index (χ1v) is 7.92. The molecule has 2 atom stereocenters. The first-order chi connectivity index (χ1) is 8.33. The maximum atomic E-state index is 4.79. The minimum absolute atomic E-state index is 0.687. The Kier molecular flexibility index (Phi) is 3.55. The van der Waals surface area contributed by atoms with Crippen LogP contribution >= 0.6 is 15.9 Å².